The summed E-state index contributed by atoms with van der Waals surface area (Å²) in [5.41, 5.74) is 0. The first-order valence-corrected chi connectivity index (χ1v) is 8.40. The molecule has 0 saturated carbocycles. The van der Waals surface area contributed by atoms with Gasteiger partial charge in [-0.1, -0.05) is 34.6 Å². The Morgan fingerprint density at radius 3 is 1.67 bits per heavy atom. The van der Waals surface area contributed by atoms with Gasteiger partial charge in [0.1, 0.15) is 19.1 Å². The van der Waals surface area contributed by atoms with E-state index in [1.807, 2.05) is 0 Å². The Kier molecular flexibility index (Phi) is 5.65. The second kappa shape index (κ2) is 7.28. The maximum atomic E-state index is 5.84. The average molecular weight is 294 g/mol. The Balaban J connectivity index is 2.00. The molecular formula is C17H30N2O2. The highest BCUT2D eigenvalue weighted by atomic mass is 16.5. The molecule has 2 heterocycles. The molecule has 2 rings (SSSR count). The first kappa shape index (κ1) is 16.3. The third kappa shape index (κ3) is 4.45. The van der Waals surface area contributed by atoms with Crippen molar-refractivity contribution in [3.8, 4) is 0 Å². The predicted molar refractivity (Wildman–Crippen MR) is 87.0 cm³/mol. The molecule has 2 aliphatic rings. The molecular weight excluding hydrogens is 264 g/mol. The molecule has 0 aliphatic carbocycles. The summed E-state index contributed by atoms with van der Waals surface area (Å²) in [5.74, 6) is 3.09. The summed E-state index contributed by atoms with van der Waals surface area (Å²) in [7, 11) is 0. The molecule has 0 aromatic rings. The number of rotatable bonds is 7. The molecule has 2 aliphatic heterocycles. The zero-order valence-electron chi connectivity index (χ0n) is 14.1. The molecule has 4 heteroatoms. The molecule has 0 amide bonds. The van der Waals surface area contributed by atoms with Crippen molar-refractivity contribution in [2.24, 2.45) is 27.7 Å². The van der Waals surface area contributed by atoms with Crippen molar-refractivity contribution in [2.45, 2.75) is 66.0 Å². The van der Waals surface area contributed by atoms with Crippen LogP contribution in [0.2, 0.25) is 0 Å². The molecule has 0 fully saturated rings. The van der Waals surface area contributed by atoms with Gasteiger partial charge in [0.05, 0.1) is 12.1 Å². The topological polar surface area (TPSA) is 43.2 Å². The number of hydrogen-bond donors (Lipinski definition) is 0. The molecule has 21 heavy (non-hydrogen) atoms. The minimum Gasteiger partial charge on any atom is -0.478 e. The lowest BCUT2D eigenvalue weighted by atomic mass is 10.0. The Morgan fingerprint density at radius 1 is 0.905 bits per heavy atom. The summed E-state index contributed by atoms with van der Waals surface area (Å²) in [6.45, 7) is 12.5. The van der Waals surface area contributed by atoms with E-state index >= 15 is 0 Å². The van der Waals surface area contributed by atoms with Crippen molar-refractivity contribution in [1.82, 2.24) is 0 Å². The van der Waals surface area contributed by atoms with Crippen LogP contribution in [0.5, 0.6) is 0 Å². The van der Waals surface area contributed by atoms with Crippen LogP contribution in [0.1, 0.15) is 53.9 Å². The number of hydrogen-bond acceptors (Lipinski definition) is 4. The van der Waals surface area contributed by atoms with Crippen LogP contribution in [0.3, 0.4) is 0 Å². The van der Waals surface area contributed by atoms with Gasteiger partial charge in [-0.15, -0.1) is 0 Å². The highest BCUT2D eigenvalue weighted by molar-refractivity contribution is 6.01. The lowest BCUT2D eigenvalue weighted by molar-refractivity contribution is 0.271. The molecule has 2 unspecified atom stereocenters. The summed E-state index contributed by atoms with van der Waals surface area (Å²) in [4.78, 5) is 9.53. The molecule has 0 bridgehead atoms. The average Bonchev–Trinajstić information content (AvgIpc) is 3.00. The zero-order chi connectivity index (χ0) is 15.4. The van der Waals surface area contributed by atoms with E-state index in [0.717, 1.165) is 31.1 Å². The fourth-order valence-corrected chi connectivity index (χ4v) is 3.04. The van der Waals surface area contributed by atoms with Crippen LogP contribution in [0.15, 0.2) is 9.98 Å². The zero-order valence-corrected chi connectivity index (χ0v) is 14.1. The lowest BCUT2D eigenvalue weighted by Crippen LogP contribution is -2.24. The van der Waals surface area contributed by atoms with Crippen molar-refractivity contribution in [3.63, 3.8) is 0 Å². The van der Waals surface area contributed by atoms with Crippen molar-refractivity contribution in [3.05, 3.63) is 0 Å². The molecule has 0 N–H and O–H groups in total. The molecule has 2 atom stereocenters. The van der Waals surface area contributed by atoms with E-state index in [1.54, 1.807) is 0 Å². The van der Waals surface area contributed by atoms with Gasteiger partial charge in [-0.05, 0) is 31.1 Å². The van der Waals surface area contributed by atoms with E-state index in [-0.39, 0.29) is 5.92 Å². The van der Waals surface area contributed by atoms with Gasteiger partial charge in [-0.25, -0.2) is 9.98 Å². The normalized spacial score (nSPS) is 26.6. The largest absolute Gasteiger partial charge is 0.478 e. The van der Waals surface area contributed by atoms with E-state index in [9.17, 15) is 0 Å². The van der Waals surface area contributed by atoms with Crippen LogP contribution in [-0.2, 0) is 9.47 Å². The smallest absolute Gasteiger partial charge is 0.196 e. The summed E-state index contributed by atoms with van der Waals surface area (Å²) >= 11 is 0. The van der Waals surface area contributed by atoms with E-state index in [0.29, 0.717) is 37.1 Å². The summed E-state index contributed by atoms with van der Waals surface area (Å²) in [5, 5.41) is 0. The van der Waals surface area contributed by atoms with Gasteiger partial charge < -0.3 is 9.47 Å². The summed E-state index contributed by atoms with van der Waals surface area (Å²) in [6, 6.07) is 0.616. The second-order valence-electron chi connectivity index (χ2n) is 7.08. The quantitative estimate of drug-likeness (QED) is 0.718. The molecule has 120 valence electrons. The monoisotopic (exact) mass is 294 g/mol. The van der Waals surface area contributed by atoms with Gasteiger partial charge in [0, 0.05) is 0 Å². The van der Waals surface area contributed by atoms with E-state index < -0.39 is 0 Å². The van der Waals surface area contributed by atoms with Crippen molar-refractivity contribution in [1.29, 1.82) is 0 Å². The summed E-state index contributed by atoms with van der Waals surface area (Å²) in [6.07, 6.45) is 3.10. The van der Waals surface area contributed by atoms with Gasteiger partial charge in [0.15, 0.2) is 11.8 Å². The van der Waals surface area contributed by atoms with Crippen molar-refractivity contribution in [2.75, 3.05) is 13.2 Å². The Hall–Kier alpha value is -1.06. The van der Waals surface area contributed by atoms with Crippen LogP contribution in [0.4, 0.5) is 0 Å². The van der Waals surface area contributed by atoms with Gasteiger partial charge in [0.25, 0.3) is 0 Å². The minimum absolute atomic E-state index is 0.110. The molecule has 4 nitrogen and oxygen atoms in total. The molecule has 0 saturated heterocycles. The van der Waals surface area contributed by atoms with E-state index in [2.05, 4.69) is 34.6 Å². The third-order valence-corrected chi connectivity index (χ3v) is 3.96. The van der Waals surface area contributed by atoms with Crippen LogP contribution in [0.25, 0.3) is 0 Å². The van der Waals surface area contributed by atoms with Crippen LogP contribution >= 0.6 is 0 Å². The third-order valence-electron chi connectivity index (χ3n) is 3.96. The van der Waals surface area contributed by atoms with E-state index in [4.69, 9.17) is 19.5 Å². The fraction of sp³-hybridized carbons (Fsp3) is 0.882. The SMILES string of the molecule is CCC(C1=NC(CC(C)C)CO1)C1=NC(CC(C)C)CO1. The van der Waals surface area contributed by atoms with Crippen molar-refractivity contribution >= 4 is 11.8 Å². The standard InChI is InChI=1S/C17H30N2O2/c1-6-15(16-18-13(9-20-16)7-11(2)3)17-19-14(10-21-17)8-12(4)5/h11-15H,6-10H2,1-5H3. The maximum absolute atomic E-state index is 5.84. The number of nitrogens with zero attached hydrogens (tertiary/aromatic N) is 2. The fourth-order valence-electron chi connectivity index (χ4n) is 3.04. The number of ether oxygens (including phenoxy) is 2. The van der Waals surface area contributed by atoms with Crippen LogP contribution in [0, 0.1) is 17.8 Å². The predicted octanol–water partition coefficient (Wildman–Crippen LogP) is 3.70. The van der Waals surface area contributed by atoms with Gasteiger partial charge in [-0.2, -0.15) is 0 Å². The Bertz CT molecular complexity index is 366. The highest BCUT2D eigenvalue weighted by Gasteiger charge is 2.33. The Morgan fingerprint density at radius 2 is 1.33 bits per heavy atom. The van der Waals surface area contributed by atoms with Gasteiger partial charge in [-0.3, -0.25) is 0 Å². The van der Waals surface area contributed by atoms with Crippen LogP contribution in [-0.4, -0.2) is 37.1 Å². The molecule has 0 aromatic heterocycles. The second-order valence-corrected chi connectivity index (χ2v) is 7.08. The highest BCUT2D eigenvalue weighted by Crippen LogP contribution is 2.24. The molecule has 0 radical (unpaired) electrons. The van der Waals surface area contributed by atoms with E-state index in [1.165, 1.54) is 0 Å². The number of aliphatic imine (C=N–C) groups is 2. The summed E-state index contributed by atoms with van der Waals surface area (Å²) < 4.78 is 11.7. The first-order chi connectivity index (χ1) is 9.99. The molecule has 0 aromatic carbocycles. The van der Waals surface area contributed by atoms with Gasteiger partial charge in [0.2, 0.25) is 0 Å². The first-order valence-electron chi connectivity index (χ1n) is 8.40. The van der Waals surface area contributed by atoms with Crippen LogP contribution < -0.4 is 0 Å². The maximum Gasteiger partial charge on any atom is 0.196 e. The minimum atomic E-state index is 0.110. The van der Waals surface area contributed by atoms with Gasteiger partial charge >= 0.3 is 0 Å². The Labute approximate surface area is 129 Å². The molecule has 0 spiro atoms. The lowest BCUT2D eigenvalue weighted by Gasteiger charge is -2.13. The van der Waals surface area contributed by atoms with Crippen molar-refractivity contribution < 1.29 is 9.47 Å².